The lowest BCUT2D eigenvalue weighted by atomic mass is 9.50. The first-order valence-electron chi connectivity index (χ1n) is 19.4. The summed E-state index contributed by atoms with van der Waals surface area (Å²) in [7, 11) is 0. The van der Waals surface area contributed by atoms with Gasteiger partial charge in [-0.25, -0.2) is 0 Å². The maximum absolute atomic E-state index is 10.5. The zero-order valence-corrected chi connectivity index (χ0v) is 29.6. The Morgan fingerprint density at radius 2 is 0.846 bits per heavy atom. The minimum Gasteiger partial charge on any atom is -0.506 e. The molecule has 8 aliphatic rings. The molecule has 0 amide bonds. The summed E-state index contributed by atoms with van der Waals surface area (Å²) in [6.07, 6.45) is 15.4. The molecule has 8 fully saturated rings. The van der Waals surface area contributed by atoms with Crippen molar-refractivity contribution in [3.8, 4) is 58.2 Å². The molecule has 0 spiro atoms. The minimum absolute atomic E-state index is 0.0339. The summed E-state index contributed by atoms with van der Waals surface area (Å²) in [4.78, 5) is 0. The van der Waals surface area contributed by atoms with Crippen LogP contribution in [0, 0.1) is 70.0 Å². The molecular formula is C46H46N2O4. The highest BCUT2D eigenvalue weighted by atomic mass is 16.5. The van der Waals surface area contributed by atoms with Crippen molar-refractivity contribution in [2.75, 3.05) is 11.5 Å². The number of rotatable bonds is 4. The highest BCUT2D eigenvalue weighted by molar-refractivity contribution is 5.97. The summed E-state index contributed by atoms with van der Waals surface area (Å²) < 4.78 is 13.3. The summed E-state index contributed by atoms with van der Waals surface area (Å²) in [5, 5.41) is 22.6. The SMILES string of the molecule is Nc1ccc(Oc2c(C#CC34CC5CC(CC(C5)C3)C4)ccc3c(Oc4ccc(N)c(O)c4)c(C#CC45CC6CC(CC(C6)C4)C5)ccc23)cc1O. The Bertz CT molecular complexity index is 2020. The summed E-state index contributed by atoms with van der Waals surface area (Å²) >= 11 is 0. The lowest BCUT2D eigenvalue weighted by molar-refractivity contribution is -0.0182. The molecule has 6 heteroatoms. The number of hydrogen-bond donors (Lipinski definition) is 4. The van der Waals surface area contributed by atoms with E-state index >= 15 is 0 Å². The van der Waals surface area contributed by atoms with Gasteiger partial charge in [-0.2, -0.15) is 0 Å². The maximum Gasteiger partial charge on any atom is 0.150 e. The second kappa shape index (κ2) is 11.8. The van der Waals surface area contributed by atoms with Crippen molar-refractivity contribution >= 4 is 22.1 Å². The van der Waals surface area contributed by atoms with Crippen LogP contribution in [0.5, 0.6) is 34.5 Å². The van der Waals surface area contributed by atoms with Gasteiger partial charge in [-0.15, -0.1) is 0 Å². The molecule has 0 atom stereocenters. The van der Waals surface area contributed by atoms with Gasteiger partial charge in [0.2, 0.25) is 0 Å². The van der Waals surface area contributed by atoms with E-state index in [2.05, 4.69) is 35.8 Å². The largest absolute Gasteiger partial charge is 0.506 e. The fourth-order valence-corrected chi connectivity index (χ4v) is 12.1. The second-order valence-corrected chi connectivity index (χ2v) is 17.5. The molecule has 0 unspecified atom stereocenters. The van der Waals surface area contributed by atoms with E-state index in [0.29, 0.717) is 23.0 Å². The average molecular weight is 691 g/mol. The fourth-order valence-electron chi connectivity index (χ4n) is 12.1. The lowest BCUT2D eigenvalue weighted by Gasteiger charge is -2.54. The van der Waals surface area contributed by atoms with Crippen LogP contribution >= 0.6 is 0 Å². The van der Waals surface area contributed by atoms with Crippen LogP contribution in [0.25, 0.3) is 10.8 Å². The molecule has 6 nitrogen and oxygen atoms in total. The molecule has 0 heterocycles. The summed E-state index contributed by atoms with van der Waals surface area (Å²) in [5.74, 6) is 21.8. The number of phenolic OH excluding ortho intramolecular Hbond substituents is 2. The van der Waals surface area contributed by atoms with Crippen molar-refractivity contribution in [2.24, 2.45) is 46.3 Å². The van der Waals surface area contributed by atoms with Crippen molar-refractivity contribution < 1.29 is 19.7 Å². The van der Waals surface area contributed by atoms with Gasteiger partial charge in [0.15, 0.2) is 11.5 Å². The van der Waals surface area contributed by atoms with E-state index in [9.17, 15) is 10.2 Å². The predicted octanol–water partition coefficient (Wildman–Crippen LogP) is 10.1. The highest BCUT2D eigenvalue weighted by Crippen LogP contribution is 2.61. The van der Waals surface area contributed by atoms with Gasteiger partial charge in [0.05, 0.1) is 22.5 Å². The summed E-state index contributed by atoms with van der Waals surface area (Å²) in [6, 6.07) is 18.1. The van der Waals surface area contributed by atoms with E-state index in [4.69, 9.17) is 20.9 Å². The zero-order chi connectivity index (χ0) is 35.2. The topological polar surface area (TPSA) is 111 Å². The Labute approximate surface area is 305 Å². The Kier molecular flexibility index (Phi) is 7.20. The molecule has 0 aliphatic heterocycles. The van der Waals surface area contributed by atoms with E-state index in [1.807, 2.05) is 12.1 Å². The van der Waals surface area contributed by atoms with Crippen LogP contribution in [0.3, 0.4) is 0 Å². The zero-order valence-electron chi connectivity index (χ0n) is 29.6. The Hall–Kier alpha value is -4.94. The lowest BCUT2D eigenvalue weighted by Crippen LogP contribution is -2.45. The molecular weight excluding hydrogens is 645 g/mol. The third-order valence-electron chi connectivity index (χ3n) is 13.5. The number of hydrogen-bond acceptors (Lipinski definition) is 6. The predicted molar refractivity (Wildman–Crippen MR) is 204 cm³/mol. The van der Waals surface area contributed by atoms with Crippen molar-refractivity contribution in [1.29, 1.82) is 0 Å². The van der Waals surface area contributed by atoms with Crippen molar-refractivity contribution in [2.45, 2.75) is 77.0 Å². The van der Waals surface area contributed by atoms with Gasteiger partial charge in [0, 0.05) is 33.7 Å². The van der Waals surface area contributed by atoms with E-state index in [1.54, 1.807) is 36.4 Å². The van der Waals surface area contributed by atoms with Crippen molar-refractivity contribution in [3.05, 3.63) is 71.8 Å². The van der Waals surface area contributed by atoms with Crippen LogP contribution in [-0.4, -0.2) is 10.2 Å². The number of nitrogens with two attached hydrogens (primary N) is 2. The fraction of sp³-hybridized carbons (Fsp3) is 0.435. The maximum atomic E-state index is 10.5. The van der Waals surface area contributed by atoms with E-state index in [1.165, 1.54) is 77.0 Å². The van der Waals surface area contributed by atoms with Gasteiger partial charge in [0.25, 0.3) is 0 Å². The monoisotopic (exact) mass is 690 g/mol. The van der Waals surface area contributed by atoms with Gasteiger partial charge >= 0.3 is 0 Å². The molecule has 264 valence electrons. The molecule has 12 rings (SSSR count). The molecule has 8 aliphatic carbocycles. The molecule has 0 aromatic heterocycles. The highest BCUT2D eigenvalue weighted by Gasteiger charge is 2.51. The number of fused-ring (bicyclic) bond motifs is 1. The number of anilines is 2. The molecule has 4 aromatic rings. The van der Waals surface area contributed by atoms with E-state index in [0.717, 1.165) is 57.4 Å². The van der Waals surface area contributed by atoms with Gasteiger partial charge in [0.1, 0.15) is 23.0 Å². The average Bonchev–Trinajstić information content (AvgIpc) is 3.09. The number of ether oxygens (including phenoxy) is 2. The Morgan fingerprint density at radius 1 is 0.500 bits per heavy atom. The molecule has 8 bridgehead atoms. The minimum atomic E-state index is -0.0339. The first kappa shape index (κ1) is 31.8. The van der Waals surface area contributed by atoms with Crippen LogP contribution in [0.4, 0.5) is 11.4 Å². The van der Waals surface area contributed by atoms with Crippen LogP contribution < -0.4 is 20.9 Å². The van der Waals surface area contributed by atoms with E-state index < -0.39 is 0 Å². The third kappa shape index (κ3) is 5.59. The molecule has 52 heavy (non-hydrogen) atoms. The number of nitrogen functional groups attached to an aromatic ring is 2. The van der Waals surface area contributed by atoms with Crippen molar-refractivity contribution in [3.63, 3.8) is 0 Å². The summed E-state index contributed by atoms with van der Waals surface area (Å²) in [6.45, 7) is 0. The quantitative estimate of drug-likeness (QED) is 0.0964. The first-order chi connectivity index (χ1) is 25.2. The van der Waals surface area contributed by atoms with Crippen LogP contribution in [0.2, 0.25) is 0 Å². The van der Waals surface area contributed by atoms with E-state index in [-0.39, 0.29) is 33.7 Å². The van der Waals surface area contributed by atoms with Gasteiger partial charge in [-0.1, -0.05) is 23.7 Å². The molecule has 0 saturated heterocycles. The standard InChI is InChI=1S/C46H46N2O4/c47-39-7-3-35(19-41(39)49)51-43-33(9-11-45-21-27-13-28(22-45)15-29(14-27)23-45)1-5-37-38(43)6-2-34(44(37)52-36-4-8-40(48)42(50)20-36)10-12-46-24-30-16-31(25-46)18-32(17-30)26-46/h1-8,19-20,27-32,49-50H,13-18,21-26,47-48H2. The van der Waals surface area contributed by atoms with Crippen molar-refractivity contribution in [1.82, 2.24) is 0 Å². The smallest absolute Gasteiger partial charge is 0.150 e. The van der Waals surface area contributed by atoms with Gasteiger partial charge in [-0.3, -0.25) is 0 Å². The van der Waals surface area contributed by atoms with Crippen LogP contribution in [0.1, 0.15) is 88.2 Å². The molecule has 6 N–H and O–H groups in total. The molecule has 8 saturated carbocycles. The van der Waals surface area contributed by atoms with Gasteiger partial charge < -0.3 is 31.2 Å². The Balaban J connectivity index is 1.11. The van der Waals surface area contributed by atoms with Crippen LogP contribution in [-0.2, 0) is 0 Å². The Morgan fingerprint density at radius 3 is 1.17 bits per heavy atom. The first-order valence-corrected chi connectivity index (χ1v) is 19.4. The molecule has 4 aromatic carbocycles. The number of benzene rings is 4. The third-order valence-corrected chi connectivity index (χ3v) is 13.5. The van der Waals surface area contributed by atoms with Crippen LogP contribution in [0.15, 0.2) is 60.7 Å². The number of phenols is 2. The second-order valence-electron chi connectivity index (χ2n) is 17.5. The normalized spacial score (nSPS) is 31.8. The summed E-state index contributed by atoms with van der Waals surface area (Å²) in [5.41, 5.74) is 14.2. The molecule has 0 radical (unpaired) electrons. The number of aromatic hydroxyl groups is 2. The van der Waals surface area contributed by atoms with Gasteiger partial charge in [-0.05, 0) is 161 Å².